The average Bonchev–Trinajstić information content (AvgIpc) is 3.07. The molecule has 1 aliphatic rings. The first kappa shape index (κ1) is 16.9. The number of aromatic nitrogens is 4. The van der Waals surface area contributed by atoms with Gasteiger partial charge in [-0.3, -0.25) is 9.36 Å². The highest BCUT2D eigenvalue weighted by molar-refractivity contribution is 5.92. The lowest BCUT2D eigenvalue weighted by molar-refractivity contribution is 0.0565. The molecule has 25 heavy (non-hydrogen) atoms. The molecule has 1 fully saturated rings. The normalized spacial score (nSPS) is 14.5. The molecule has 1 aliphatic heterocycles. The van der Waals surface area contributed by atoms with Gasteiger partial charge in [0.1, 0.15) is 5.82 Å². The van der Waals surface area contributed by atoms with E-state index < -0.39 is 0 Å². The molecule has 0 atom stereocenters. The lowest BCUT2D eigenvalue weighted by Crippen LogP contribution is -2.50. The molecule has 0 spiro atoms. The highest BCUT2D eigenvalue weighted by Gasteiger charge is 2.26. The quantitative estimate of drug-likeness (QED) is 0.821. The van der Waals surface area contributed by atoms with Crippen LogP contribution in [0.1, 0.15) is 23.2 Å². The van der Waals surface area contributed by atoms with Crippen LogP contribution in [0.4, 0.5) is 4.79 Å². The highest BCUT2D eigenvalue weighted by Crippen LogP contribution is 2.10. The third-order valence-corrected chi connectivity index (χ3v) is 4.04. The summed E-state index contributed by atoms with van der Waals surface area (Å²) in [6.45, 7) is 5.77. The minimum Gasteiger partial charge on any atom is -0.450 e. The Morgan fingerprint density at radius 1 is 1.12 bits per heavy atom. The van der Waals surface area contributed by atoms with Crippen molar-refractivity contribution in [1.82, 2.24) is 29.5 Å². The second-order valence-corrected chi connectivity index (χ2v) is 5.60. The second-order valence-electron chi connectivity index (χ2n) is 5.60. The van der Waals surface area contributed by atoms with Crippen molar-refractivity contribution in [1.29, 1.82) is 0 Å². The summed E-state index contributed by atoms with van der Waals surface area (Å²) in [7, 11) is 0. The fourth-order valence-electron chi connectivity index (χ4n) is 2.66. The fraction of sp³-hybridized carbons (Fsp3) is 0.438. The van der Waals surface area contributed by atoms with E-state index in [9.17, 15) is 9.59 Å². The van der Waals surface area contributed by atoms with Crippen LogP contribution in [0.5, 0.6) is 0 Å². The number of carbonyl (C=O) groups is 2. The zero-order chi connectivity index (χ0) is 17.8. The monoisotopic (exact) mass is 344 g/mol. The van der Waals surface area contributed by atoms with E-state index in [0.717, 1.165) is 5.82 Å². The second kappa shape index (κ2) is 7.29. The average molecular weight is 344 g/mol. The van der Waals surface area contributed by atoms with Crippen LogP contribution in [0.3, 0.4) is 0 Å². The van der Waals surface area contributed by atoms with Gasteiger partial charge in [0, 0.05) is 38.6 Å². The molecule has 9 heteroatoms. The molecule has 0 N–H and O–H groups in total. The first-order chi connectivity index (χ1) is 12.1. The van der Waals surface area contributed by atoms with Crippen LogP contribution in [0.15, 0.2) is 24.5 Å². The van der Waals surface area contributed by atoms with Gasteiger partial charge in [0.2, 0.25) is 0 Å². The van der Waals surface area contributed by atoms with Crippen LogP contribution in [-0.4, -0.2) is 74.3 Å². The van der Waals surface area contributed by atoms with Gasteiger partial charge in [-0.1, -0.05) is 0 Å². The van der Waals surface area contributed by atoms with Crippen molar-refractivity contribution in [3.05, 3.63) is 36.0 Å². The standard InChI is InChI=1S/C16H20N6O3/c1-3-25-16(24)21-10-8-20(9-11-21)15(23)13-4-5-14(19-18-13)22-7-6-17-12(22)2/h4-7H,3,8-11H2,1-2H3. The minimum atomic E-state index is -0.338. The number of nitrogens with zero attached hydrogens (tertiary/aromatic N) is 6. The van der Waals surface area contributed by atoms with E-state index in [-0.39, 0.29) is 17.7 Å². The first-order valence-corrected chi connectivity index (χ1v) is 8.15. The maximum Gasteiger partial charge on any atom is 0.409 e. The van der Waals surface area contributed by atoms with Crippen LogP contribution in [0, 0.1) is 6.92 Å². The van der Waals surface area contributed by atoms with Gasteiger partial charge < -0.3 is 14.5 Å². The summed E-state index contributed by atoms with van der Waals surface area (Å²) >= 11 is 0. The number of aryl methyl sites for hydroxylation is 1. The maximum atomic E-state index is 12.5. The SMILES string of the molecule is CCOC(=O)N1CCN(C(=O)c2ccc(-n3ccnc3C)nn2)CC1. The summed E-state index contributed by atoms with van der Waals surface area (Å²) in [6, 6.07) is 3.39. The molecule has 3 rings (SSSR count). The molecule has 0 aromatic carbocycles. The molecule has 0 aliphatic carbocycles. The summed E-state index contributed by atoms with van der Waals surface area (Å²) < 4.78 is 6.76. The van der Waals surface area contributed by atoms with Gasteiger partial charge in [-0.25, -0.2) is 9.78 Å². The largest absolute Gasteiger partial charge is 0.450 e. The zero-order valence-corrected chi connectivity index (χ0v) is 14.3. The van der Waals surface area contributed by atoms with Crippen LogP contribution < -0.4 is 0 Å². The molecule has 0 unspecified atom stereocenters. The topological polar surface area (TPSA) is 93.5 Å². The van der Waals surface area contributed by atoms with E-state index in [2.05, 4.69) is 15.2 Å². The smallest absolute Gasteiger partial charge is 0.409 e. The number of rotatable bonds is 3. The van der Waals surface area contributed by atoms with E-state index in [1.807, 2.05) is 6.92 Å². The molecule has 1 saturated heterocycles. The van der Waals surface area contributed by atoms with Crippen molar-refractivity contribution in [2.75, 3.05) is 32.8 Å². The Hall–Kier alpha value is -2.97. The maximum absolute atomic E-state index is 12.5. The minimum absolute atomic E-state index is 0.190. The predicted molar refractivity (Wildman–Crippen MR) is 88.4 cm³/mol. The molecule has 132 valence electrons. The van der Waals surface area contributed by atoms with Crippen LogP contribution in [0.25, 0.3) is 5.82 Å². The van der Waals surface area contributed by atoms with Gasteiger partial charge in [-0.15, -0.1) is 10.2 Å². The Balaban J connectivity index is 1.62. The summed E-state index contributed by atoms with van der Waals surface area (Å²) in [5.41, 5.74) is 0.283. The van der Waals surface area contributed by atoms with E-state index in [1.54, 1.807) is 45.8 Å². The van der Waals surface area contributed by atoms with Crippen LogP contribution in [-0.2, 0) is 4.74 Å². The highest BCUT2D eigenvalue weighted by atomic mass is 16.6. The Morgan fingerprint density at radius 3 is 2.40 bits per heavy atom. The lowest BCUT2D eigenvalue weighted by atomic mass is 10.2. The number of amides is 2. The van der Waals surface area contributed by atoms with Crippen molar-refractivity contribution >= 4 is 12.0 Å². The number of carbonyl (C=O) groups excluding carboxylic acids is 2. The van der Waals surface area contributed by atoms with Gasteiger partial charge in [-0.05, 0) is 26.0 Å². The predicted octanol–water partition coefficient (Wildman–Crippen LogP) is 0.885. The van der Waals surface area contributed by atoms with Crippen molar-refractivity contribution < 1.29 is 14.3 Å². The van der Waals surface area contributed by atoms with Gasteiger partial charge in [0.15, 0.2) is 11.5 Å². The van der Waals surface area contributed by atoms with Crippen molar-refractivity contribution in [3.8, 4) is 5.82 Å². The van der Waals surface area contributed by atoms with Crippen molar-refractivity contribution in [3.63, 3.8) is 0 Å². The zero-order valence-electron chi connectivity index (χ0n) is 14.3. The van der Waals surface area contributed by atoms with E-state index in [4.69, 9.17) is 4.74 Å². The van der Waals surface area contributed by atoms with Crippen LogP contribution in [0.2, 0.25) is 0 Å². The molecular formula is C16H20N6O3. The number of hydrogen-bond donors (Lipinski definition) is 0. The summed E-state index contributed by atoms with van der Waals surface area (Å²) in [6.07, 6.45) is 3.13. The Kier molecular flexibility index (Phi) is 4.92. The Bertz CT molecular complexity index is 749. The molecule has 0 saturated carbocycles. The Morgan fingerprint density at radius 2 is 1.84 bits per heavy atom. The number of hydrogen-bond acceptors (Lipinski definition) is 6. The van der Waals surface area contributed by atoms with E-state index >= 15 is 0 Å². The summed E-state index contributed by atoms with van der Waals surface area (Å²) in [5, 5.41) is 8.15. The molecule has 2 amide bonds. The van der Waals surface area contributed by atoms with E-state index in [0.29, 0.717) is 38.6 Å². The van der Waals surface area contributed by atoms with Crippen molar-refractivity contribution in [2.45, 2.75) is 13.8 Å². The fourth-order valence-corrected chi connectivity index (χ4v) is 2.66. The van der Waals surface area contributed by atoms with Gasteiger partial charge in [0.05, 0.1) is 6.61 Å². The molecule has 9 nitrogen and oxygen atoms in total. The molecule has 3 heterocycles. The van der Waals surface area contributed by atoms with E-state index in [1.165, 1.54) is 0 Å². The van der Waals surface area contributed by atoms with Gasteiger partial charge >= 0.3 is 6.09 Å². The lowest BCUT2D eigenvalue weighted by Gasteiger charge is -2.33. The molecule has 2 aromatic heterocycles. The summed E-state index contributed by atoms with van der Waals surface area (Å²) in [5.74, 6) is 1.21. The van der Waals surface area contributed by atoms with Gasteiger partial charge in [-0.2, -0.15) is 0 Å². The first-order valence-electron chi connectivity index (χ1n) is 8.15. The van der Waals surface area contributed by atoms with Crippen LogP contribution >= 0.6 is 0 Å². The van der Waals surface area contributed by atoms with Crippen molar-refractivity contribution in [2.24, 2.45) is 0 Å². The molecule has 2 aromatic rings. The van der Waals surface area contributed by atoms with Gasteiger partial charge in [0.25, 0.3) is 5.91 Å². The summed E-state index contributed by atoms with van der Waals surface area (Å²) in [4.78, 5) is 31.6. The number of imidazole rings is 1. The number of ether oxygens (including phenoxy) is 1. The third-order valence-electron chi connectivity index (χ3n) is 4.04. The molecule has 0 bridgehead atoms. The molecular weight excluding hydrogens is 324 g/mol. The third kappa shape index (κ3) is 3.59. The molecule has 0 radical (unpaired) electrons. The Labute approximate surface area is 145 Å². The number of piperazine rings is 1.